The first kappa shape index (κ1) is 13.4. The zero-order valence-corrected chi connectivity index (χ0v) is 12.0. The molecule has 1 aromatic carbocycles. The molecule has 1 N–H and O–H groups in total. The molecule has 0 spiro atoms. The topological polar surface area (TPSA) is 42.8 Å². The molecular formula is C11H11BrFN3OS. The highest BCUT2D eigenvalue weighted by Crippen LogP contribution is 2.24. The van der Waals surface area contributed by atoms with Gasteiger partial charge in [-0.25, -0.2) is 4.39 Å². The van der Waals surface area contributed by atoms with Crippen LogP contribution in [0.5, 0.6) is 0 Å². The summed E-state index contributed by atoms with van der Waals surface area (Å²) < 4.78 is 21.8. The van der Waals surface area contributed by atoms with E-state index in [0.717, 1.165) is 4.47 Å². The number of H-pyrrole nitrogens is 1. The van der Waals surface area contributed by atoms with E-state index in [-0.39, 0.29) is 5.82 Å². The first-order valence-corrected chi connectivity index (χ1v) is 6.43. The zero-order valence-electron chi connectivity index (χ0n) is 9.61. The molecule has 0 unspecified atom stereocenters. The third-order valence-corrected chi connectivity index (χ3v) is 3.25. The molecule has 0 saturated carbocycles. The van der Waals surface area contributed by atoms with E-state index in [1.54, 1.807) is 23.8 Å². The van der Waals surface area contributed by atoms with Gasteiger partial charge in [-0.05, 0) is 30.4 Å². The third kappa shape index (κ3) is 2.68. The van der Waals surface area contributed by atoms with Crippen LogP contribution in [-0.4, -0.2) is 28.5 Å². The van der Waals surface area contributed by atoms with Crippen molar-refractivity contribution in [1.82, 2.24) is 14.8 Å². The van der Waals surface area contributed by atoms with Crippen LogP contribution in [0.2, 0.25) is 0 Å². The van der Waals surface area contributed by atoms with E-state index in [1.165, 1.54) is 6.07 Å². The Kier molecular flexibility index (Phi) is 4.26. The van der Waals surface area contributed by atoms with E-state index in [0.29, 0.717) is 29.3 Å². The SMILES string of the molecule is COCCn1c(-c2cc(Br)ccc2F)n[nH]c1=S. The Hall–Kier alpha value is -1.05. The number of nitrogens with one attached hydrogen (secondary N) is 1. The molecule has 0 fully saturated rings. The van der Waals surface area contributed by atoms with Crippen LogP contribution in [0.25, 0.3) is 11.4 Å². The minimum atomic E-state index is -0.342. The average Bonchev–Trinajstić information content (AvgIpc) is 2.71. The van der Waals surface area contributed by atoms with Crippen molar-refractivity contribution in [2.24, 2.45) is 0 Å². The molecule has 0 radical (unpaired) electrons. The lowest BCUT2D eigenvalue weighted by Gasteiger charge is -2.07. The van der Waals surface area contributed by atoms with E-state index >= 15 is 0 Å². The minimum absolute atomic E-state index is 0.342. The van der Waals surface area contributed by atoms with Crippen LogP contribution in [-0.2, 0) is 11.3 Å². The third-order valence-electron chi connectivity index (χ3n) is 2.45. The number of aromatic amines is 1. The number of halogens is 2. The summed E-state index contributed by atoms with van der Waals surface area (Å²) in [7, 11) is 1.60. The summed E-state index contributed by atoms with van der Waals surface area (Å²) >= 11 is 8.43. The maximum Gasteiger partial charge on any atom is 0.195 e. The number of aromatic nitrogens is 3. The van der Waals surface area contributed by atoms with Gasteiger partial charge in [-0.3, -0.25) is 9.67 Å². The summed E-state index contributed by atoms with van der Waals surface area (Å²) in [6.45, 7) is 1.00. The van der Waals surface area contributed by atoms with Crippen molar-refractivity contribution in [1.29, 1.82) is 0 Å². The van der Waals surface area contributed by atoms with Gasteiger partial charge in [0.05, 0.1) is 18.7 Å². The monoisotopic (exact) mass is 331 g/mol. The lowest BCUT2D eigenvalue weighted by atomic mass is 10.2. The van der Waals surface area contributed by atoms with Crippen LogP contribution >= 0.6 is 28.1 Å². The van der Waals surface area contributed by atoms with Gasteiger partial charge < -0.3 is 4.74 Å². The molecule has 1 heterocycles. The van der Waals surface area contributed by atoms with E-state index in [1.807, 2.05) is 0 Å². The number of methoxy groups -OCH3 is 1. The summed E-state index contributed by atoms with van der Waals surface area (Å²) in [5, 5.41) is 6.74. The smallest absolute Gasteiger partial charge is 0.195 e. The van der Waals surface area contributed by atoms with Gasteiger partial charge in [-0.2, -0.15) is 5.10 Å². The summed E-state index contributed by atoms with van der Waals surface area (Å²) in [5.41, 5.74) is 0.396. The fraction of sp³-hybridized carbons (Fsp3) is 0.273. The fourth-order valence-corrected chi connectivity index (χ4v) is 2.17. The van der Waals surface area contributed by atoms with Gasteiger partial charge in [-0.1, -0.05) is 15.9 Å². The lowest BCUT2D eigenvalue weighted by molar-refractivity contribution is 0.187. The zero-order chi connectivity index (χ0) is 13.1. The van der Waals surface area contributed by atoms with Gasteiger partial charge in [0.2, 0.25) is 0 Å². The first-order chi connectivity index (χ1) is 8.63. The molecule has 1 aromatic heterocycles. The van der Waals surface area contributed by atoms with Gasteiger partial charge in [0.1, 0.15) is 5.82 Å². The maximum absolute atomic E-state index is 13.8. The fourth-order valence-electron chi connectivity index (χ4n) is 1.58. The van der Waals surface area contributed by atoms with E-state index in [2.05, 4.69) is 26.1 Å². The molecule has 0 aliphatic carbocycles. The van der Waals surface area contributed by atoms with Crippen molar-refractivity contribution in [3.8, 4) is 11.4 Å². The van der Waals surface area contributed by atoms with Crippen LogP contribution in [0.1, 0.15) is 0 Å². The highest BCUT2D eigenvalue weighted by molar-refractivity contribution is 9.10. The molecule has 18 heavy (non-hydrogen) atoms. The van der Waals surface area contributed by atoms with Gasteiger partial charge in [0.15, 0.2) is 10.6 Å². The maximum atomic E-state index is 13.8. The normalized spacial score (nSPS) is 10.8. The van der Waals surface area contributed by atoms with Crippen LogP contribution < -0.4 is 0 Å². The summed E-state index contributed by atoms with van der Waals surface area (Å²) in [6, 6.07) is 4.70. The van der Waals surface area contributed by atoms with Gasteiger partial charge in [0, 0.05) is 11.6 Å². The van der Waals surface area contributed by atoms with E-state index < -0.39 is 0 Å². The van der Waals surface area contributed by atoms with Gasteiger partial charge in [-0.15, -0.1) is 0 Å². The summed E-state index contributed by atoms with van der Waals surface area (Å²) in [6.07, 6.45) is 0. The Morgan fingerprint density at radius 2 is 2.33 bits per heavy atom. The van der Waals surface area contributed by atoms with E-state index in [9.17, 15) is 4.39 Å². The second-order valence-corrected chi connectivity index (χ2v) is 4.92. The van der Waals surface area contributed by atoms with Crippen molar-refractivity contribution in [2.45, 2.75) is 6.54 Å². The standard InChI is InChI=1S/C11H11BrFN3OS/c1-17-5-4-16-10(14-15-11(16)18)8-6-7(12)2-3-9(8)13/h2-3,6H,4-5H2,1H3,(H,15,18). The first-order valence-electron chi connectivity index (χ1n) is 5.23. The Bertz CT molecular complexity index is 611. The second-order valence-electron chi connectivity index (χ2n) is 3.62. The lowest BCUT2D eigenvalue weighted by Crippen LogP contribution is -2.06. The number of rotatable bonds is 4. The van der Waals surface area contributed by atoms with Crippen molar-refractivity contribution >= 4 is 28.1 Å². The van der Waals surface area contributed by atoms with Crippen molar-refractivity contribution in [2.75, 3.05) is 13.7 Å². The molecule has 2 aromatic rings. The molecular weight excluding hydrogens is 321 g/mol. The minimum Gasteiger partial charge on any atom is -0.383 e. The van der Waals surface area contributed by atoms with Gasteiger partial charge >= 0.3 is 0 Å². The second kappa shape index (κ2) is 5.73. The molecule has 2 rings (SSSR count). The van der Waals surface area contributed by atoms with E-state index in [4.69, 9.17) is 17.0 Å². The Labute approximate surface area is 117 Å². The van der Waals surface area contributed by atoms with Crippen molar-refractivity contribution in [3.05, 3.63) is 33.3 Å². The Morgan fingerprint density at radius 3 is 3.06 bits per heavy atom. The molecule has 0 amide bonds. The predicted molar refractivity (Wildman–Crippen MR) is 72.4 cm³/mol. The van der Waals surface area contributed by atoms with Crippen LogP contribution in [0.4, 0.5) is 4.39 Å². The molecule has 96 valence electrons. The number of benzene rings is 1. The van der Waals surface area contributed by atoms with Crippen LogP contribution in [0.3, 0.4) is 0 Å². The predicted octanol–water partition coefficient (Wildman–Crippen LogP) is 3.16. The Morgan fingerprint density at radius 1 is 1.56 bits per heavy atom. The number of nitrogens with zero attached hydrogens (tertiary/aromatic N) is 2. The quantitative estimate of drug-likeness (QED) is 0.875. The summed E-state index contributed by atoms with van der Waals surface area (Å²) in [5.74, 6) is 0.127. The summed E-state index contributed by atoms with van der Waals surface area (Å²) in [4.78, 5) is 0. The van der Waals surface area contributed by atoms with Gasteiger partial charge in [0.25, 0.3) is 0 Å². The van der Waals surface area contributed by atoms with Crippen LogP contribution in [0.15, 0.2) is 22.7 Å². The van der Waals surface area contributed by atoms with Crippen molar-refractivity contribution < 1.29 is 9.13 Å². The highest BCUT2D eigenvalue weighted by Gasteiger charge is 2.13. The number of ether oxygens (including phenoxy) is 1. The van der Waals surface area contributed by atoms with Crippen LogP contribution in [0, 0.1) is 10.6 Å². The number of hydrogen-bond acceptors (Lipinski definition) is 3. The average molecular weight is 332 g/mol. The molecule has 7 heteroatoms. The molecule has 0 saturated heterocycles. The molecule has 4 nitrogen and oxygen atoms in total. The number of hydrogen-bond donors (Lipinski definition) is 1. The Balaban J connectivity index is 2.50. The molecule has 0 atom stereocenters. The molecule has 0 aliphatic heterocycles. The highest BCUT2D eigenvalue weighted by atomic mass is 79.9. The largest absolute Gasteiger partial charge is 0.383 e. The van der Waals surface area contributed by atoms with Crippen molar-refractivity contribution in [3.63, 3.8) is 0 Å². The molecule has 0 bridgehead atoms. The molecule has 0 aliphatic rings.